The monoisotopic (exact) mass is 406 g/mol. The van der Waals surface area contributed by atoms with Crippen LogP contribution in [-0.2, 0) is 9.84 Å². The third-order valence-corrected chi connectivity index (χ3v) is 5.61. The normalized spacial score (nSPS) is 12.3. The van der Waals surface area contributed by atoms with Gasteiger partial charge in [0.15, 0.2) is 9.84 Å². The average Bonchev–Trinajstić information content (AvgIpc) is 2.73. The largest absolute Gasteiger partial charge is 0.493 e. The summed E-state index contributed by atoms with van der Waals surface area (Å²) in [6, 6.07) is 28.7. The predicted octanol–water partition coefficient (Wildman–Crippen LogP) is 5.48. The van der Waals surface area contributed by atoms with Gasteiger partial charge in [0.2, 0.25) is 0 Å². The van der Waals surface area contributed by atoms with Gasteiger partial charge in [0.25, 0.3) is 0 Å². The van der Waals surface area contributed by atoms with Crippen LogP contribution in [0.3, 0.4) is 0 Å². The fourth-order valence-corrected chi connectivity index (χ4v) is 3.70. The number of hydrogen-bond acceptors (Lipinski definition) is 3. The molecule has 0 fully saturated rings. The summed E-state index contributed by atoms with van der Waals surface area (Å²) in [5.74, 6) is 0.681. The van der Waals surface area contributed by atoms with Crippen molar-refractivity contribution >= 4 is 21.0 Å². The minimum atomic E-state index is -3.03. The van der Waals surface area contributed by atoms with Crippen LogP contribution in [0.4, 0.5) is 0 Å². The number of allylic oxidation sites excluding steroid dienone is 1. The molecule has 29 heavy (non-hydrogen) atoms. The Bertz CT molecular complexity index is 1050. The summed E-state index contributed by atoms with van der Waals surface area (Å²) in [7, 11) is -3.03. The van der Waals surface area contributed by atoms with Gasteiger partial charge in [-0.15, -0.1) is 0 Å². The van der Waals surface area contributed by atoms with E-state index in [0.717, 1.165) is 12.0 Å². The highest BCUT2D eigenvalue weighted by atomic mass is 32.2. The van der Waals surface area contributed by atoms with Gasteiger partial charge in [0.1, 0.15) is 12.4 Å². The Kier molecular flexibility index (Phi) is 6.89. The topological polar surface area (TPSA) is 43.4 Å². The first kappa shape index (κ1) is 20.9. The maximum atomic E-state index is 11.3. The molecule has 0 N–H and O–H groups in total. The molecule has 0 spiro atoms. The number of rotatable bonds is 8. The summed E-state index contributed by atoms with van der Waals surface area (Å²) in [5, 5.41) is 0. The molecule has 3 rings (SSSR count). The minimum Gasteiger partial charge on any atom is -0.493 e. The Morgan fingerprint density at radius 3 is 1.79 bits per heavy atom. The maximum absolute atomic E-state index is 11.3. The SMILES string of the molecule is CCC(=C(c1ccccc1)c1ccc(OCCS(C)(=O)=O)cc1)c1ccccc1. The summed E-state index contributed by atoms with van der Waals surface area (Å²) >= 11 is 0. The van der Waals surface area contributed by atoms with E-state index in [4.69, 9.17) is 4.74 Å². The van der Waals surface area contributed by atoms with E-state index in [9.17, 15) is 8.42 Å². The molecule has 0 bridgehead atoms. The number of ether oxygens (including phenoxy) is 1. The second-order valence-corrected chi connectivity index (χ2v) is 9.20. The highest BCUT2D eigenvalue weighted by molar-refractivity contribution is 7.90. The van der Waals surface area contributed by atoms with E-state index in [-0.39, 0.29) is 12.4 Å². The standard InChI is InChI=1S/C25H26O3S/c1-3-24(20-10-6-4-7-11-20)25(21-12-8-5-9-13-21)22-14-16-23(17-15-22)28-18-19-29(2,26)27/h4-17H,3,18-19H2,1-2H3. The molecular weight excluding hydrogens is 380 g/mol. The third-order valence-electron chi connectivity index (χ3n) is 4.71. The van der Waals surface area contributed by atoms with Crippen LogP contribution < -0.4 is 4.74 Å². The Balaban J connectivity index is 1.98. The van der Waals surface area contributed by atoms with E-state index in [0.29, 0.717) is 5.75 Å². The van der Waals surface area contributed by atoms with Crippen molar-refractivity contribution in [2.45, 2.75) is 13.3 Å². The van der Waals surface area contributed by atoms with Crippen LogP contribution in [0.5, 0.6) is 5.75 Å². The second kappa shape index (κ2) is 9.57. The Hall–Kier alpha value is -2.85. The van der Waals surface area contributed by atoms with Crippen molar-refractivity contribution < 1.29 is 13.2 Å². The quantitative estimate of drug-likeness (QED) is 0.465. The lowest BCUT2D eigenvalue weighted by molar-refractivity contribution is 0.341. The zero-order valence-electron chi connectivity index (χ0n) is 16.8. The van der Waals surface area contributed by atoms with Gasteiger partial charge in [-0.2, -0.15) is 0 Å². The maximum Gasteiger partial charge on any atom is 0.150 e. The van der Waals surface area contributed by atoms with Crippen LogP contribution in [0.15, 0.2) is 84.9 Å². The van der Waals surface area contributed by atoms with E-state index in [1.165, 1.54) is 28.5 Å². The molecule has 150 valence electrons. The number of sulfone groups is 1. The highest BCUT2D eigenvalue weighted by Crippen LogP contribution is 2.34. The van der Waals surface area contributed by atoms with Crippen LogP contribution >= 0.6 is 0 Å². The van der Waals surface area contributed by atoms with Gasteiger partial charge in [-0.1, -0.05) is 79.7 Å². The highest BCUT2D eigenvalue weighted by Gasteiger charge is 2.13. The molecule has 0 saturated heterocycles. The van der Waals surface area contributed by atoms with E-state index >= 15 is 0 Å². The molecule has 3 aromatic rings. The average molecular weight is 407 g/mol. The van der Waals surface area contributed by atoms with Crippen molar-refractivity contribution in [3.63, 3.8) is 0 Å². The molecule has 0 aromatic heterocycles. The summed E-state index contributed by atoms with van der Waals surface area (Å²) < 4.78 is 28.2. The van der Waals surface area contributed by atoms with Crippen LogP contribution in [0.2, 0.25) is 0 Å². The molecule has 0 unspecified atom stereocenters. The first-order valence-electron chi connectivity index (χ1n) is 9.73. The van der Waals surface area contributed by atoms with Gasteiger partial charge in [-0.3, -0.25) is 0 Å². The molecule has 0 radical (unpaired) electrons. The lowest BCUT2D eigenvalue weighted by atomic mass is 9.88. The van der Waals surface area contributed by atoms with Crippen molar-refractivity contribution in [3.05, 3.63) is 102 Å². The van der Waals surface area contributed by atoms with Gasteiger partial charge in [-0.25, -0.2) is 8.42 Å². The zero-order valence-corrected chi connectivity index (χ0v) is 17.7. The first-order chi connectivity index (χ1) is 14.0. The fraction of sp³-hybridized carbons (Fsp3) is 0.200. The molecule has 0 amide bonds. The minimum absolute atomic E-state index is 0.0118. The zero-order chi connectivity index (χ0) is 20.7. The molecule has 0 heterocycles. The molecule has 0 aliphatic heterocycles. The van der Waals surface area contributed by atoms with Gasteiger partial charge >= 0.3 is 0 Å². The fourth-order valence-electron chi connectivity index (χ4n) is 3.31. The van der Waals surface area contributed by atoms with Gasteiger partial charge in [-0.05, 0) is 46.4 Å². The van der Waals surface area contributed by atoms with Crippen LogP contribution in [-0.4, -0.2) is 27.0 Å². The number of hydrogen-bond donors (Lipinski definition) is 0. The van der Waals surface area contributed by atoms with Crippen LogP contribution in [0.1, 0.15) is 30.0 Å². The van der Waals surface area contributed by atoms with Crippen LogP contribution in [0.25, 0.3) is 11.1 Å². The van der Waals surface area contributed by atoms with Gasteiger partial charge in [0.05, 0.1) is 5.75 Å². The van der Waals surface area contributed by atoms with E-state index in [2.05, 4.69) is 55.5 Å². The lowest BCUT2D eigenvalue weighted by Crippen LogP contribution is -2.12. The summed E-state index contributed by atoms with van der Waals surface area (Å²) in [4.78, 5) is 0. The van der Waals surface area contributed by atoms with Crippen molar-refractivity contribution in [2.75, 3.05) is 18.6 Å². The summed E-state index contributed by atoms with van der Waals surface area (Å²) in [6.45, 7) is 2.33. The first-order valence-corrected chi connectivity index (χ1v) is 11.8. The Labute approximate surface area is 173 Å². The molecule has 3 aromatic carbocycles. The van der Waals surface area contributed by atoms with Crippen LogP contribution in [0, 0.1) is 0 Å². The van der Waals surface area contributed by atoms with Crippen molar-refractivity contribution in [3.8, 4) is 5.75 Å². The third kappa shape index (κ3) is 5.81. The Morgan fingerprint density at radius 1 is 0.759 bits per heavy atom. The van der Waals surface area contributed by atoms with Crippen molar-refractivity contribution in [2.24, 2.45) is 0 Å². The van der Waals surface area contributed by atoms with E-state index in [1.54, 1.807) is 0 Å². The smallest absolute Gasteiger partial charge is 0.150 e. The molecule has 0 aliphatic carbocycles. The predicted molar refractivity (Wildman–Crippen MR) is 121 cm³/mol. The van der Waals surface area contributed by atoms with Crippen molar-refractivity contribution in [1.29, 1.82) is 0 Å². The lowest BCUT2D eigenvalue weighted by Gasteiger charge is -2.17. The van der Waals surface area contributed by atoms with Gasteiger partial charge < -0.3 is 4.74 Å². The van der Waals surface area contributed by atoms with E-state index in [1.807, 2.05) is 36.4 Å². The summed E-state index contributed by atoms with van der Waals surface area (Å²) in [6.07, 6.45) is 2.12. The molecular formula is C25H26O3S. The molecule has 0 aliphatic rings. The Morgan fingerprint density at radius 2 is 1.28 bits per heavy atom. The molecule has 3 nitrogen and oxygen atoms in total. The second-order valence-electron chi connectivity index (χ2n) is 6.94. The summed E-state index contributed by atoms with van der Waals surface area (Å²) in [5.41, 5.74) is 5.96. The van der Waals surface area contributed by atoms with Gasteiger partial charge in [0, 0.05) is 6.26 Å². The van der Waals surface area contributed by atoms with E-state index < -0.39 is 9.84 Å². The molecule has 0 saturated carbocycles. The molecule has 4 heteroatoms. The number of benzene rings is 3. The van der Waals surface area contributed by atoms with Crippen molar-refractivity contribution in [1.82, 2.24) is 0 Å². The molecule has 0 atom stereocenters.